The fourth-order valence-corrected chi connectivity index (χ4v) is 3.06. The van der Waals surface area contributed by atoms with Crippen LogP contribution in [0.2, 0.25) is 0 Å². The summed E-state index contributed by atoms with van der Waals surface area (Å²) in [6, 6.07) is 19.5. The molecule has 3 rings (SSSR count). The van der Waals surface area contributed by atoms with Gasteiger partial charge in [0.1, 0.15) is 11.5 Å². The Bertz CT molecular complexity index is 1130. The van der Waals surface area contributed by atoms with Gasteiger partial charge in [-0.3, -0.25) is 4.79 Å². The molecule has 3 aromatic rings. The predicted molar refractivity (Wildman–Crippen MR) is 123 cm³/mol. The van der Waals surface area contributed by atoms with Crippen LogP contribution in [0.1, 0.15) is 27.0 Å². The van der Waals surface area contributed by atoms with Gasteiger partial charge in [0.05, 0.1) is 11.8 Å². The van der Waals surface area contributed by atoms with E-state index in [9.17, 15) is 9.59 Å². The van der Waals surface area contributed by atoms with E-state index in [-0.39, 0.29) is 12.5 Å². The first-order valence-electron chi connectivity index (χ1n) is 9.51. The Morgan fingerprint density at radius 2 is 1.77 bits per heavy atom. The van der Waals surface area contributed by atoms with Gasteiger partial charge in [0, 0.05) is 4.47 Å². The van der Waals surface area contributed by atoms with Gasteiger partial charge < -0.3 is 9.47 Å². The second-order valence-electron chi connectivity index (χ2n) is 6.77. The van der Waals surface area contributed by atoms with Crippen LogP contribution < -0.4 is 14.9 Å². The number of benzene rings is 3. The number of hydrogen-bond donors (Lipinski definition) is 1. The van der Waals surface area contributed by atoms with Crippen LogP contribution in [0.3, 0.4) is 0 Å². The highest BCUT2D eigenvalue weighted by molar-refractivity contribution is 9.10. The number of aryl methyl sites for hydroxylation is 2. The zero-order valence-electron chi connectivity index (χ0n) is 17.1. The second-order valence-corrected chi connectivity index (χ2v) is 7.62. The smallest absolute Gasteiger partial charge is 0.344 e. The zero-order chi connectivity index (χ0) is 22.2. The molecule has 158 valence electrons. The lowest BCUT2D eigenvalue weighted by molar-refractivity contribution is -0.123. The molecule has 1 amide bonds. The molecule has 0 heterocycles. The van der Waals surface area contributed by atoms with Gasteiger partial charge in [-0.1, -0.05) is 30.3 Å². The van der Waals surface area contributed by atoms with Crippen LogP contribution in [0.5, 0.6) is 11.5 Å². The molecule has 0 atom stereocenters. The molecule has 0 spiro atoms. The van der Waals surface area contributed by atoms with Crippen molar-refractivity contribution in [2.45, 2.75) is 13.8 Å². The Hall–Kier alpha value is -3.45. The van der Waals surface area contributed by atoms with Crippen LogP contribution >= 0.6 is 15.9 Å². The molecule has 0 radical (unpaired) electrons. The minimum Gasteiger partial charge on any atom is -0.484 e. The summed E-state index contributed by atoms with van der Waals surface area (Å²) in [6.45, 7) is 3.84. The van der Waals surface area contributed by atoms with E-state index in [4.69, 9.17) is 9.47 Å². The number of rotatable bonds is 7. The number of ether oxygens (including phenoxy) is 2. The summed E-state index contributed by atoms with van der Waals surface area (Å²) < 4.78 is 11.5. The number of carbonyl (C=O) groups excluding carboxylic acids is 2. The molecule has 0 aliphatic rings. The molecule has 0 aliphatic carbocycles. The summed E-state index contributed by atoms with van der Waals surface area (Å²) in [7, 11) is 0. The van der Waals surface area contributed by atoms with E-state index in [1.54, 1.807) is 42.5 Å². The highest BCUT2D eigenvalue weighted by atomic mass is 79.9. The minimum absolute atomic E-state index is 0.149. The van der Waals surface area contributed by atoms with Crippen molar-refractivity contribution in [3.05, 3.63) is 93.5 Å². The molecule has 0 unspecified atom stereocenters. The van der Waals surface area contributed by atoms with E-state index in [0.717, 1.165) is 11.1 Å². The van der Waals surface area contributed by atoms with Crippen molar-refractivity contribution < 1.29 is 19.1 Å². The van der Waals surface area contributed by atoms with Gasteiger partial charge in [-0.05, 0) is 82.9 Å². The Morgan fingerprint density at radius 1 is 0.968 bits per heavy atom. The highest BCUT2D eigenvalue weighted by Crippen LogP contribution is 2.20. The molecule has 0 bridgehead atoms. The maximum Gasteiger partial charge on any atom is 0.344 e. The van der Waals surface area contributed by atoms with Crippen molar-refractivity contribution in [1.82, 2.24) is 5.43 Å². The third kappa shape index (κ3) is 6.52. The quantitative estimate of drug-likeness (QED) is 0.227. The number of amides is 1. The van der Waals surface area contributed by atoms with Gasteiger partial charge in [-0.25, -0.2) is 10.2 Å². The van der Waals surface area contributed by atoms with Crippen LogP contribution in [-0.2, 0) is 4.79 Å². The van der Waals surface area contributed by atoms with Crippen molar-refractivity contribution in [2.75, 3.05) is 6.61 Å². The first-order chi connectivity index (χ1) is 14.9. The van der Waals surface area contributed by atoms with Crippen molar-refractivity contribution in [1.29, 1.82) is 0 Å². The molecule has 0 aromatic heterocycles. The van der Waals surface area contributed by atoms with E-state index < -0.39 is 5.97 Å². The monoisotopic (exact) mass is 480 g/mol. The molecule has 0 saturated heterocycles. The molecule has 1 N–H and O–H groups in total. The van der Waals surface area contributed by atoms with E-state index >= 15 is 0 Å². The van der Waals surface area contributed by atoms with E-state index in [0.29, 0.717) is 27.1 Å². The van der Waals surface area contributed by atoms with Gasteiger partial charge in [0.2, 0.25) is 0 Å². The first-order valence-corrected chi connectivity index (χ1v) is 10.3. The van der Waals surface area contributed by atoms with Gasteiger partial charge in [-0.2, -0.15) is 5.10 Å². The van der Waals surface area contributed by atoms with Crippen molar-refractivity contribution in [2.24, 2.45) is 5.10 Å². The maximum absolute atomic E-state index is 12.3. The van der Waals surface area contributed by atoms with Crippen LogP contribution in [0, 0.1) is 13.8 Å². The SMILES string of the molecule is Cc1ccc(OCC(=O)NN=Cc2cccc(OC(=O)c3ccccc3Br)c2)cc1C. The third-order valence-electron chi connectivity index (χ3n) is 4.41. The number of esters is 1. The predicted octanol–water partition coefficient (Wildman–Crippen LogP) is 4.81. The number of hydrazone groups is 1. The fourth-order valence-electron chi connectivity index (χ4n) is 2.61. The molecule has 0 saturated carbocycles. The highest BCUT2D eigenvalue weighted by Gasteiger charge is 2.12. The summed E-state index contributed by atoms with van der Waals surface area (Å²) in [5.74, 6) is 0.139. The van der Waals surface area contributed by atoms with Gasteiger partial charge in [0.15, 0.2) is 6.61 Å². The number of halogens is 1. The van der Waals surface area contributed by atoms with Crippen molar-refractivity contribution in [3.8, 4) is 11.5 Å². The Morgan fingerprint density at radius 3 is 2.55 bits per heavy atom. The number of hydrogen-bond acceptors (Lipinski definition) is 5. The zero-order valence-corrected chi connectivity index (χ0v) is 18.7. The molecule has 31 heavy (non-hydrogen) atoms. The van der Waals surface area contributed by atoms with E-state index in [1.807, 2.05) is 38.1 Å². The van der Waals surface area contributed by atoms with Crippen molar-refractivity contribution in [3.63, 3.8) is 0 Å². The topological polar surface area (TPSA) is 77.0 Å². The third-order valence-corrected chi connectivity index (χ3v) is 5.11. The molecule has 6 nitrogen and oxygen atoms in total. The molecule has 0 aliphatic heterocycles. The summed E-state index contributed by atoms with van der Waals surface area (Å²) in [5, 5.41) is 3.93. The standard InChI is InChI=1S/C24H21BrN2O4/c1-16-10-11-19(12-17(16)2)30-15-23(28)27-26-14-18-6-5-7-20(13-18)31-24(29)21-8-3-4-9-22(21)25/h3-14H,15H2,1-2H3,(H,27,28). The molecule has 3 aromatic carbocycles. The lowest BCUT2D eigenvalue weighted by Crippen LogP contribution is -2.24. The Kier molecular flexibility index (Phi) is 7.56. The lowest BCUT2D eigenvalue weighted by atomic mass is 10.1. The number of nitrogens with zero attached hydrogens (tertiary/aromatic N) is 1. The largest absolute Gasteiger partial charge is 0.484 e. The Balaban J connectivity index is 1.53. The number of carbonyl (C=O) groups is 2. The normalized spacial score (nSPS) is 10.7. The average molecular weight is 481 g/mol. The molecule has 0 fully saturated rings. The first kappa shape index (κ1) is 22.2. The summed E-state index contributed by atoms with van der Waals surface area (Å²) in [5.41, 5.74) is 5.75. The van der Waals surface area contributed by atoms with Gasteiger partial charge in [0.25, 0.3) is 5.91 Å². The summed E-state index contributed by atoms with van der Waals surface area (Å²) in [4.78, 5) is 24.3. The lowest BCUT2D eigenvalue weighted by Gasteiger charge is -2.07. The second kappa shape index (κ2) is 10.5. The van der Waals surface area contributed by atoms with E-state index in [2.05, 4.69) is 26.5 Å². The van der Waals surface area contributed by atoms with E-state index in [1.165, 1.54) is 6.21 Å². The van der Waals surface area contributed by atoms with Crippen molar-refractivity contribution >= 4 is 34.0 Å². The molecule has 7 heteroatoms. The van der Waals surface area contributed by atoms with Crippen LogP contribution in [0.25, 0.3) is 0 Å². The van der Waals surface area contributed by atoms with Crippen LogP contribution in [0.4, 0.5) is 0 Å². The average Bonchev–Trinajstić information content (AvgIpc) is 2.75. The molecular weight excluding hydrogens is 460 g/mol. The minimum atomic E-state index is -0.474. The molecular formula is C24H21BrN2O4. The summed E-state index contributed by atoms with van der Waals surface area (Å²) >= 11 is 3.33. The van der Waals surface area contributed by atoms with Crippen LogP contribution in [0.15, 0.2) is 76.3 Å². The number of nitrogens with one attached hydrogen (secondary N) is 1. The van der Waals surface area contributed by atoms with Gasteiger partial charge >= 0.3 is 5.97 Å². The Labute approximate surface area is 189 Å². The maximum atomic E-state index is 12.3. The van der Waals surface area contributed by atoms with Gasteiger partial charge in [-0.15, -0.1) is 0 Å². The van der Waals surface area contributed by atoms with Crippen LogP contribution in [-0.4, -0.2) is 24.7 Å². The summed E-state index contributed by atoms with van der Waals surface area (Å²) in [6.07, 6.45) is 1.46. The fraction of sp³-hybridized carbons (Fsp3) is 0.125.